The Kier molecular flexibility index (Phi) is 5.61. The smallest absolute Gasteiger partial charge is 0.346 e. The molecule has 152 valence electrons. The van der Waals surface area contributed by atoms with Crippen molar-refractivity contribution in [2.24, 2.45) is 4.99 Å². The fourth-order valence-electron chi connectivity index (χ4n) is 2.99. The van der Waals surface area contributed by atoms with E-state index < -0.39 is 22.7 Å². The Morgan fingerprint density at radius 3 is 2.83 bits per heavy atom. The van der Waals surface area contributed by atoms with Gasteiger partial charge in [0.15, 0.2) is 0 Å². The van der Waals surface area contributed by atoms with E-state index in [4.69, 9.17) is 20.8 Å². The molecule has 30 heavy (non-hydrogen) atoms. The quantitative estimate of drug-likeness (QED) is 0.602. The zero-order chi connectivity index (χ0) is 21.3. The van der Waals surface area contributed by atoms with E-state index in [1.54, 1.807) is 42.5 Å². The maximum absolute atomic E-state index is 12.5. The van der Waals surface area contributed by atoms with Crippen molar-refractivity contribution in [1.82, 2.24) is 0 Å². The summed E-state index contributed by atoms with van der Waals surface area (Å²) >= 11 is 7.04. The monoisotopic (exact) mass is 442 g/mol. The van der Waals surface area contributed by atoms with E-state index in [0.29, 0.717) is 22.0 Å². The molecule has 1 aromatic heterocycles. The molecule has 2 aromatic carbocycles. The molecule has 1 unspecified atom stereocenters. The average molecular weight is 443 g/mol. The Bertz CT molecular complexity index is 1250. The molecule has 0 spiro atoms. The van der Waals surface area contributed by atoms with Crippen LogP contribution in [0, 0.1) is 0 Å². The van der Waals surface area contributed by atoms with Crippen LogP contribution in [0.15, 0.2) is 62.7 Å². The summed E-state index contributed by atoms with van der Waals surface area (Å²) in [5.41, 5.74) is 0.474. The number of methoxy groups -OCH3 is 1. The van der Waals surface area contributed by atoms with Gasteiger partial charge in [0.25, 0.3) is 5.91 Å². The number of thioether (sulfide) groups is 1. The summed E-state index contributed by atoms with van der Waals surface area (Å²) in [6.45, 7) is 0. The summed E-state index contributed by atoms with van der Waals surface area (Å²) in [5, 5.41) is 3.36. The lowest BCUT2D eigenvalue weighted by molar-refractivity contribution is -0.121. The van der Waals surface area contributed by atoms with E-state index in [0.717, 1.165) is 17.1 Å². The van der Waals surface area contributed by atoms with Crippen LogP contribution in [0.1, 0.15) is 12.0 Å². The lowest BCUT2D eigenvalue weighted by Crippen LogP contribution is -2.21. The van der Waals surface area contributed by atoms with Gasteiger partial charge in [0.2, 0.25) is 5.91 Å². The van der Waals surface area contributed by atoms with Gasteiger partial charge in [-0.3, -0.25) is 9.59 Å². The second-order valence-electron chi connectivity index (χ2n) is 6.44. The first-order valence-corrected chi connectivity index (χ1v) is 10.2. The predicted octanol–water partition coefficient (Wildman–Crippen LogP) is 3.87. The number of benzene rings is 2. The van der Waals surface area contributed by atoms with Crippen molar-refractivity contribution in [3.8, 4) is 5.75 Å². The highest BCUT2D eigenvalue weighted by molar-refractivity contribution is 8.16. The summed E-state index contributed by atoms with van der Waals surface area (Å²) in [7, 11) is 1.48. The minimum Gasteiger partial charge on any atom is -0.495 e. The molecule has 7 nitrogen and oxygen atoms in total. The number of amides is 2. The second kappa shape index (κ2) is 8.33. The average Bonchev–Trinajstić information content (AvgIpc) is 3.07. The van der Waals surface area contributed by atoms with Crippen LogP contribution in [-0.4, -0.2) is 29.2 Å². The standard InChI is InChI=1S/C21H15ClN2O5S/c1-28-16-7-6-12(22)9-14(16)23-18(25)10-17-19(26)24-20(30-17)13-8-11-4-2-3-5-15(11)29-21(13)27/h2-9,17H,10H2,1H3,(H,23,25). The largest absolute Gasteiger partial charge is 0.495 e. The van der Waals surface area contributed by atoms with Crippen LogP contribution in [0.5, 0.6) is 5.75 Å². The number of aliphatic imine (C=N–C) groups is 1. The van der Waals surface area contributed by atoms with Gasteiger partial charge in [-0.2, -0.15) is 0 Å². The van der Waals surface area contributed by atoms with E-state index in [1.807, 2.05) is 6.07 Å². The molecule has 0 aliphatic carbocycles. The van der Waals surface area contributed by atoms with Crippen molar-refractivity contribution in [1.29, 1.82) is 0 Å². The number of halogens is 1. The van der Waals surface area contributed by atoms with Gasteiger partial charge < -0.3 is 14.5 Å². The van der Waals surface area contributed by atoms with Gasteiger partial charge in [-0.05, 0) is 30.3 Å². The number of nitrogens with one attached hydrogen (secondary N) is 1. The molecule has 1 aliphatic heterocycles. The number of ether oxygens (including phenoxy) is 1. The zero-order valence-corrected chi connectivity index (χ0v) is 17.3. The highest BCUT2D eigenvalue weighted by atomic mass is 35.5. The molecule has 3 aromatic rings. The van der Waals surface area contributed by atoms with Crippen LogP contribution in [0.2, 0.25) is 5.02 Å². The zero-order valence-electron chi connectivity index (χ0n) is 15.7. The number of rotatable bonds is 5. The van der Waals surface area contributed by atoms with Crippen LogP contribution in [0.3, 0.4) is 0 Å². The van der Waals surface area contributed by atoms with Crippen molar-refractivity contribution in [3.63, 3.8) is 0 Å². The minimum absolute atomic E-state index is 0.120. The van der Waals surface area contributed by atoms with Gasteiger partial charge in [-0.15, -0.1) is 0 Å². The van der Waals surface area contributed by atoms with Gasteiger partial charge in [0, 0.05) is 16.8 Å². The molecule has 0 fully saturated rings. The second-order valence-corrected chi connectivity index (χ2v) is 8.07. The number of hydrogen-bond acceptors (Lipinski definition) is 6. The lowest BCUT2D eigenvalue weighted by Gasteiger charge is -2.12. The Balaban J connectivity index is 1.49. The number of carbonyl (C=O) groups is 2. The summed E-state index contributed by atoms with van der Waals surface area (Å²) < 4.78 is 10.5. The van der Waals surface area contributed by atoms with Crippen LogP contribution in [-0.2, 0) is 9.59 Å². The Hall–Kier alpha value is -3.10. The summed E-state index contributed by atoms with van der Waals surface area (Å²) in [6.07, 6.45) is -0.120. The molecule has 9 heteroatoms. The van der Waals surface area contributed by atoms with E-state index in [2.05, 4.69) is 10.3 Å². The number of hydrogen-bond donors (Lipinski definition) is 1. The number of para-hydroxylation sites is 1. The lowest BCUT2D eigenvalue weighted by atomic mass is 10.2. The SMILES string of the molecule is COc1ccc(Cl)cc1NC(=O)CC1SC(c2cc3ccccc3oc2=O)=NC1=O. The topological polar surface area (TPSA) is 98.0 Å². The first-order chi connectivity index (χ1) is 14.4. The predicted molar refractivity (Wildman–Crippen MR) is 117 cm³/mol. The molecule has 1 N–H and O–H groups in total. The maximum atomic E-state index is 12.5. The van der Waals surface area contributed by atoms with Crippen molar-refractivity contribution in [3.05, 3.63) is 69.5 Å². The van der Waals surface area contributed by atoms with E-state index in [-0.39, 0.29) is 17.0 Å². The fraction of sp³-hybridized carbons (Fsp3) is 0.143. The fourth-order valence-corrected chi connectivity index (χ4v) is 4.24. The van der Waals surface area contributed by atoms with Crippen LogP contribution >= 0.6 is 23.4 Å². The molecule has 2 heterocycles. The minimum atomic E-state index is -0.740. The molecule has 0 bridgehead atoms. The number of fused-ring (bicyclic) bond motifs is 1. The third-order valence-corrected chi connectivity index (χ3v) is 5.84. The first kappa shape index (κ1) is 20.2. The van der Waals surface area contributed by atoms with Crippen molar-refractivity contribution in [2.45, 2.75) is 11.7 Å². The number of nitrogens with zero attached hydrogens (tertiary/aromatic N) is 1. The molecular weight excluding hydrogens is 428 g/mol. The van der Waals surface area contributed by atoms with Crippen molar-refractivity contribution < 1.29 is 18.7 Å². The number of carbonyl (C=O) groups excluding carboxylic acids is 2. The summed E-state index contributed by atoms with van der Waals surface area (Å²) in [4.78, 5) is 41.1. The van der Waals surface area contributed by atoms with E-state index >= 15 is 0 Å². The highest BCUT2D eigenvalue weighted by Crippen LogP contribution is 2.31. The normalized spacial score (nSPS) is 15.9. The van der Waals surface area contributed by atoms with Gasteiger partial charge in [0.05, 0.1) is 18.4 Å². The molecule has 0 radical (unpaired) electrons. The Labute approximate surface area is 180 Å². The van der Waals surface area contributed by atoms with Crippen LogP contribution < -0.4 is 15.7 Å². The summed E-state index contributed by atoms with van der Waals surface area (Å²) in [5.74, 6) is -0.428. The maximum Gasteiger partial charge on any atom is 0.346 e. The molecule has 4 rings (SSSR count). The molecule has 1 atom stereocenters. The third kappa shape index (κ3) is 4.10. The van der Waals surface area contributed by atoms with Gasteiger partial charge in [-0.1, -0.05) is 41.6 Å². The highest BCUT2D eigenvalue weighted by Gasteiger charge is 2.32. The first-order valence-electron chi connectivity index (χ1n) is 8.90. The van der Waals surface area contributed by atoms with Crippen molar-refractivity contribution in [2.75, 3.05) is 12.4 Å². The molecule has 0 saturated carbocycles. The molecule has 2 amide bonds. The van der Waals surface area contributed by atoms with E-state index in [9.17, 15) is 14.4 Å². The molecule has 0 saturated heterocycles. The van der Waals surface area contributed by atoms with Gasteiger partial charge >= 0.3 is 5.63 Å². The van der Waals surface area contributed by atoms with Crippen LogP contribution in [0.4, 0.5) is 5.69 Å². The summed E-state index contributed by atoms with van der Waals surface area (Å²) in [6, 6.07) is 13.5. The number of anilines is 1. The Morgan fingerprint density at radius 1 is 1.23 bits per heavy atom. The Morgan fingerprint density at radius 2 is 2.03 bits per heavy atom. The van der Waals surface area contributed by atoms with Crippen LogP contribution in [0.25, 0.3) is 11.0 Å². The van der Waals surface area contributed by atoms with Crippen molar-refractivity contribution >= 4 is 56.9 Å². The van der Waals surface area contributed by atoms with Gasteiger partial charge in [-0.25, -0.2) is 9.79 Å². The third-order valence-electron chi connectivity index (χ3n) is 4.42. The van der Waals surface area contributed by atoms with E-state index in [1.165, 1.54) is 7.11 Å². The molecular formula is C21H15ClN2O5S. The molecule has 1 aliphatic rings. The van der Waals surface area contributed by atoms with Gasteiger partial charge in [0.1, 0.15) is 21.6 Å².